The number of para-hydroxylation sites is 4. The molecule has 9 aromatic rings. The summed E-state index contributed by atoms with van der Waals surface area (Å²) < 4.78 is 28.4. The van der Waals surface area contributed by atoms with Crippen LogP contribution in [0.4, 0.5) is 30.7 Å². The number of nitrogen functional groups attached to an aromatic ring is 2. The van der Waals surface area contributed by atoms with Gasteiger partial charge in [-0.2, -0.15) is 25.8 Å². The number of nitriles is 2. The second-order valence-electron chi connectivity index (χ2n) is 32.4. The molecule has 6 aromatic carbocycles. The predicted molar refractivity (Wildman–Crippen MR) is 477 cm³/mol. The van der Waals surface area contributed by atoms with Gasteiger partial charge in [-0.05, 0) is 235 Å². The lowest BCUT2D eigenvalue weighted by atomic mass is 9.80. The molecular weight excluding hydrogens is 1670 g/mol. The molecule has 1 atom stereocenters. The second kappa shape index (κ2) is 42.1. The van der Waals surface area contributed by atoms with E-state index in [1.807, 2.05) is 186 Å². The Balaban J connectivity index is 0.000000262. The van der Waals surface area contributed by atoms with Gasteiger partial charge in [0, 0.05) is 22.3 Å². The highest BCUT2D eigenvalue weighted by Gasteiger charge is 2.41. The number of anilines is 2. The molecule has 1 saturated heterocycles. The number of likely N-dealkylation sites (tertiary alicyclic amines) is 1. The van der Waals surface area contributed by atoms with Crippen molar-refractivity contribution in [1.29, 1.82) is 10.5 Å². The van der Waals surface area contributed by atoms with E-state index in [0.29, 0.717) is 61.7 Å². The van der Waals surface area contributed by atoms with Crippen molar-refractivity contribution in [3.05, 3.63) is 226 Å². The number of ketones is 1. The van der Waals surface area contributed by atoms with E-state index in [2.05, 4.69) is 102 Å². The fourth-order valence-corrected chi connectivity index (χ4v) is 13.8. The van der Waals surface area contributed by atoms with Crippen LogP contribution in [-0.2, 0) is 63.0 Å². The molecule has 27 nitrogen and oxygen atoms in total. The zero-order chi connectivity index (χ0) is 87.1. The van der Waals surface area contributed by atoms with E-state index >= 15 is 0 Å². The molecule has 1 unspecified atom stereocenters. The number of nitrogens with one attached hydrogen (secondary N) is 1. The number of rotatable bonds is 6. The molecule has 4 aliphatic heterocycles. The zero-order valence-electron chi connectivity index (χ0n) is 72.1. The van der Waals surface area contributed by atoms with Gasteiger partial charge in [-0.3, -0.25) is 30.2 Å². The number of nitrogens with zero attached hydrogens (tertiary/aromatic N) is 13. The van der Waals surface area contributed by atoms with Crippen molar-refractivity contribution >= 4 is 102 Å². The summed E-state index contributed by atoms with van der Waals surface area (Å²) in [5.41, 5.74) is 29.4. The number of carbonyl (C=O) groups excluding carboxylic acids is 5. The van der Waals surface area contributed by atoms with Crippen LogP contribution in [0.1, 0.15) is 186 Å². The fraction of sp³-hybridized carbons (Fsp3) is 0.398. The van der Waals surface area contributed by atoms with Gasteiger partial charge in [0.25, 0.3) is 6.04 Å². The van der Waals surface area contributed by atoms with E-state index in [4.69, 9.17) is 62.6 Å². The first-order valence-electron chi connectivity index (χ1n) is 38.5. The van der Waals surface area contributed by atoms with Crippen LogP contribution >= 0.6 is 47.4 Å². The average molecular weight is 1780 g/mol. The maximum Gasteiger partial charge on any atom is 0.488 e. The summed E-state index contributed by atoms with van der Waals surface area (Å²) >= 11 is 2.32. The number of hydrazine groups is 1. The van der Waals surface area contributed by atoms with E-state index < -0.39 is 41.7 Å². The summed E-state index contributed by atoms with van der Waals surface area (Å²) in [6.45, 7) is 52.2. The predicted octanol–water partition coefficient (Wildman–Crippen LogP) is 16.7. The number of ether oxygens (including phenoxy) is 4. The molecule has 634 valence electrons. The Morgan fingerprint density at radius 2 is 0.815 bits per heavy atom. The number of halogens is 3. The van der Waals surface area contributed by atoms with Gasteiger partial charge in [0.05, 0.1) is 115 Å². The lowest BCUT2D eigenvalue weighted by Crippen LogP contribution is -2.35. The van der Waals surface area contributed by atoms with E-state index in [1.165, 1.54) is 51.4 Å². The van der Waals surface area contributed by atoms with Crippen LogP contribution in [0.2, 0.25) is 0 Å². The fourth-order valence-electron chi connectivity index (χ4n) is 12.9. The van der Waals surface area contributed by atoms with Gasteiger partial charge in [-0.1, -0.05) is 111 Å². The third-order valence-corrected chi connectivity index (χ3v) is 19.4. The molecule has 31 heteroatoms. The standard InChI is InChI=1S/C25H26N4O2.C18H22IN3O2.C18H24N4O2.C10H14N2O3.C8H12N2.C7H6BNO2.C2H6.2ClH/c1-16-7-6-8-17(2)22(16)29-23(19-11-9-18(13-26)10-12-19)20-14-28(15-21(20)27-29)24(30)31-25(3,4)5;2*1-11-7-6-8-12(2)15(11)22-16(19)13-9-21(10-14(13)20-22)17(23)24-18(3,4)5;1-10(2,3)15-9(14)12-5-7(11-4)8(13)6-12;1-6-4-3-5-7(2)8(6)10-9;9-5-6-1-3-7(4-2-6)8(10)11;1-2;;/h6-12H,14-15H2,1-5H3;6-8H,9-10H2,1-5H3;6-8H,9-10,19H2,1-5H3;7H,5-6H2,1-3H3;3-5,10H,9H2,1-2H3;1-4,10-11H;1-2H3;2*1H. The van der Waals surface area contributed by atoms with Crippen molar-refractivity contribution in [1.82, 2.24) is 48.9 Å². The number of aryl methyl sites for hydroxylation is 8. The van der Waals surface area contributed by atoms with Crippen LogP contribution in [0, 0.1) is 88.3 Å². The first-order chi connectivity index (χ1) is 54.8. The Kier molecular flexibility index (Phi) is 34.9. The van der Waals surface area contributed by atoms with Crippen LogP contribution in [0.15, 0.2) is 121 Å². The summed E-state index contributed by atoms with van der Waals surface area (Å²) in [5.74, 6) is 5.68. The van der Waals surface area contributed by atoms with Gasteiger partial charge in [0.2, 0.25) is 5.78 Å². The number of aromatic nitrogens is 6. The quantitative estimate of drug-likeness (QED) is 0.0258. The molecule has 4 aliphatic rings. The summed E-state index contributed by atoms with van der Waals surface area (Å²) in [7, 11) is -1.46. The zero-order valence-corrected chi connectivity index (χ0v) is 75.9. The number of hydrogen-bond donors (Lipinski definition) is 5. The molecule has 3 aromatic heterocycles. The summed E-state index contributed by atoms with van der Waals surface area (Å²) in [6, 6.07) is 41.6. The summed E-state index contributed by atoms with van der Waals surface area (Å²) in [5, 5.41) is 49.3. The van der Waals surface area contributed by atoms with Crippen LogP contribution in [0.3, 0.4) is 0 Å². The van der Waals surface area contributed by atoms with E-state index in [1.54, 1.807) is 40.2 Å². The third kappa shape index (κ3) is 26.0. The van der Waals surface area contributed by atoms with Gasteiger partial charge >= 0.3 is 31.5 Å². The number of carbonyl (C=O) groups is 5. The summed E-state index contributed by atoms with van der Waals surface area (Å²) in [6.07, 6.45) is -1.48. The van der Waals surface area contributed by atoms with Crippen LogP contribution < -0.4 is 22.5 Å². The minimum atomic E-state index is -1.46. The van der Waals surface area contributed by atoms with Crippen LogP contribution in [0.5, 0.6) is 0 Å². The van der Waals surface area contributed by atoms with Crippen molar-refractivity contribution < 1.29 is 53.0 Å². The van der Waals surface area contributed by atoms with Crippen molar-refractivity contribution in [2.75, 3.05) is 24.2 Å². The monoisotopic (exact) mass is 1780 g/mol. The summed E-state index contributed by atoms with van der Waals surface area (Å²) in [4.78, 5) is 69.3. The number of amides is 4. The van der Waals surface area contributed by atoms with Crippen molar-refractivity contribution in [3.8, 4) is 40.5 Å². The Labute approximate surface area is 725 Å². The van der Waals surface area contributed by atoms with Crippen molar-refractivity contribution in [2.24, 2.45) is 5.84 Å². The SMILES string of the molecule is CC.Cc1cccc(C)c1-n1nc2c(c1-c1ccc(C#N)cc1)CN(C(=O)OC(C)(C)C)C2.Cc1cccc(C)c1-n1nc2c(c1I)CN(C(=O)OC(C)(C)C)C2.Cc1cccc(C)c1-n1nc2c(c1N)CN(C(=O)OC(C)(C)C)C2.Cc1cccc(C)c1NN.Cl.Cl.N#Cc1ccc(B(O)O)cc1.[C-]#[N+]C1CN(C(=O)OC(C)(C)C)CC1=O. The smallest absolute Gasteiger partial charge is 0.444 e. The molecule has 0 aliphatic carbocycles. The van der Waals surface area contributed by atoms with Gasteiger partial charge in [-0.25, -0.2) is 39.8 Å². The molecule has 13 rings (SSSR count). The Bertz CT molecular complexity index is 4990. The van der Waals surface area contributed by atoms with Gasteiger partial charge < -0.3 is 45.0 Å². The number of Topliss-reactive ketones (excluding diaryl/α,β-unsaturated/α-hetero) is 1. The third-order valence-electron chi connectivity index (χ3n) is 18.3. The first kappa shape index (κ1) is 98.6. The Hall–Kier alpha value is -11.0. The van der Waals surface area contributed by atoms with Crippen LogP contribution in [0.25, 0.3) is 33.2 Å². The van der Waals surface area contributed by atoms with Gasteiger partial charge in [0.1, 0.15) is 38.5 Å². The molecular formula is C88H112BCl2IN16O11. The maximum absolute atomic E-state index is 12.7. The molecule has 0 spiro atoms. The highest BCUT2D eigenvalue weighted by molar-refractivity contribution is 14.1. The molecule has 0 saturated carbocycles. The van der Waals surface area contributed by atoms with Crippen LogP contribution in [-0.4, -0.2) is 138 Å². The van der Waals surface area contributed by atoms with E-state index in [-0.39, 0.29) is 62.0 Å². The van der Waals surface area contributed by atoms with Crippen molar-refractivity contribution in [2.45, 2.75) is 220 Å². The Morgan fingerprint density at radius 1 is 0.496 bits per heavy atom. The average Bonchev–Trinajstić information content (AvgIpc) is 1.61. The van der Waals surface area contributed by atoms with E-state index in [9.17, 15) is 29.2 Å². The van der Waals surface area contributed by atoms with Gasteiger partial charge in [0.15, 0.2) is 0 Å². The molecule has 119 heavy (non-hydrogen) atoms. The second-order valence-corrected chi connectivity index (χ2v) is 33.5. The molecule has 7 heterocycles. The lowest BCUT2D eigenvalue weighted by molar-refractivity contribution is -0.117. The Morgan fingerprint density at radius 3 is 1.15 bits per heavy atom. The number of benzene rings is 6. The highest BCUT2D eigenvalue weighted by atomic mass is 127. The first-order valence-corrected chi connectivity index (χ1v) is 39.6. The molecule has 1 fully saturated rings. The van der Waals surface area contributed by atoms with Crippen molar-refractivity contribution in [3.63, 3.8) is 0 Å². The minimum absolute atomic E-state index is 0. The molecule has 0 bridgehead atoms. The number of nitrogens with two attached hydrogens (primary N) is 2. The molecule has 4 amide bonds. The highest BCUT2D eigenvalue weighted by Crippen LogP contribution is 2.39. The normalized spacial score (nSPS) is 13.4. The molecule has 7 N–H and O–H groups in total. The topological polar surface area (TPSA) is 345 Å². The largest absolute Gasteiger partial charge is 0.488 e. The number of fused-ring (bicyclic) bond motifs is 3. The van der Waals surface area contributed by atoms with Gasteiger partial charge in [-0.15, -0.1) is 24.8 Å². The van der Waals surface area contributed by atoms with E-state index in [0.717, 1.165) is 93.7 Å². The molecule has 0 radical (unpaired) electrons. The minimum Gasteiger partial charge on any atom is -0.444 e. The lowest BCUT2D eigenvalue weighted by Gasteiger charge is -2.24. The maximum atomic E-state index is 12.7. The number of hydrogen-bond acceptors (Lipinski definition) is 19.